The third-order valence-electron chi connectivity index (χ3n) is 2.08. The van der Waals surface area contributed by atoms with Gasteiger partial charge in [-0.15, -0.1) is 0 Å². The minimum absolute atomic E-state index is 0.143. The average molecular weight is 213 g/mol. The Balaban J connectivity index is 2.13. The molecule has 74 valence electrons. The zero-order chi connectivity index (χ0) is 9.97. The minimum atomic E-state index is -0.407. The first kappa shape index (κ1) is 9.46. The lowest BCUT2D eigenvalue weighted by molar-refractivity contribution is 0.629. The highest BCUT2D eigenvalue weighted by Gasteiger charge is 2.07. The van der Waals surface area contributed by atoms with E-state index in [-0.39, 0.29) is 5.02 Å². The topological polar surface area (TPSA) is 24.4 Å². The Kier molecular flexibility index (Phi) is 2.68. The van der Waals surface area contributed by atoms with Gasteiger partial charge < -0.3 is 5.32 Å². The van der Waals surface area contributed by atoms with E-state index in [2.05, 4.69) is 10.3 Å². The molecule has 1 aromatic carbocycles. The molecule has 0 fully saturated rings. The van der Waals surface area contributed by atoms with Crippen molar-refractivity contribution < 1.29 is 4.39 Å². The lowest BCUT2D eigenvalue weighted by atomic mass is 10.3. The van der Waals surface area contributed by atoms with Gasteiger partial charge in [0.1, 0.15) is 11.7 Å². The van der Waals surface area contributed by atoms with Gasteiger partial charge in [0, 0.05) is 18.7 Å². The van der Waals surface area contributed by atoms with Crippen molar-refractivity contribution in [2.45, 2.75) is 12.8 Å². The molecule has 1 aliphatic rings. The fraction of sp³-hybridized carbons (Fsp3) is 0.300. The molecule has 4 heteroatoms. The average Bonchev–Trinajstić information content (AvgIpc) is 2.64. The lowest BCUT2D eigenvalue weighted by Gasteiger charge is -2.05. The van der Waals surface area contributed by atoms with E-state index in [1.54, 1.807) is 6.07 Å². The van der Waals surface area contributed by atoms with Crippen LogP contribution in [-0.4, -0.2) is 12.4 Å². The quantitative estimate of drug-likeness (QED) is 0.760. The fourth-order valence-electron chi connectivity index (χ4n) is 1.38. The zero-order valence-corrected chi connectivity index (χ0v) is 8.31. The molecule has 2 rings (SSSR count). The van der Waals surface area contributed by atoms with Crippen LogP contribution in [0.25, 0.3) is 0 Å². The highest BCUT2D eigenvalue weighted by Crippen LogP contribution is 2.19. The number of hydrogen-bond donors (Lipinski definition) is 1. The summed E-state index contributed by atoms with van der Waals surface area (Å²) in [4.78, 5) is 4.23. The molecule has 0 bridgehead atoms. The van der Waals surface area contributed by atoms with E-state index in [1.807, 2.05) is 0 Å². The molecular weight excluding hydrogens is 203 g/mol. The summed E-state index contributed by atoms with van der Waals surface area (Å²) in [6.07, 6.45) is 2.00. The normalized spacial score (nSPS) is 15.4. The summed E-state index contributed by atoms with van der Waals surface area (Å²) in [5, 5.41) is 3.20. The Morgan fingerprint density at radius 3 is 2.93 bits per heavy atom. The molecule has 1 aliphatic heterocycles. The molecule has 1 aromatic rings. The summed E-state index contributed by atoms with van der Waals surface area (Å²) >= 11 is 5.56. The first-order valence-corrected chi connectivity index (χ1v) is 4.89. The maximum atomic E-state index is 13.0. The van der Waals surface area contributed by atoms with Crippen LogP contribution in [-0.2, 0) is 0 Å². The lowest BCUT2D eigenvalue weighted by Crippen LogP contribution is -2.08. The van der Waals surface area contributed by atoms with Crippen LogP contribution < -0.4 is 5.32 Å². The van der Waals surface area contributed by atoms with Crippen LogP contribution in [0, 0.1) is 5.82 Å². The van der Waals surface area contributed by atoms with Crippen LogP contribution in [0.15, 0.2) is 23.2 Å². The van der Waals surface area contributed by atoms with E-state index >= 15 is 0 Å². The van der Waals surface area contributed by atoms with Crippen LogP contribution in [0.3, 0.4) is 0 Å². The van der Waals surface area contributed by atoms with Crippen LogP contribution in [0.2, 0.25) is 5.02 Å². The molecule has 0 saturated carbocycles. The van der Waals surface area contributed by atoms with Crippen LogP contribution in [0.5, 0.6) is 0 Å². The van der Waals surface area contributed by atoms with Gasteiger partial charge in [0.25, 0.3) is 0 Å². The maximum absolute atomic E-state index is 13.0. The van der Waals surface area contributed by atoms with Gasteiger partial charge in [0.2, 0.25) is 0 Å². The molecule has 0 radical (unpaired) electrons. The van der Waals surface area contributed by atoms with Crippen molar-refractivity contribution >= 4 is 23.1 Å². The fourth-order valence-corrected chi connectivity index (χ4v) is 1.50. The van der Waals surface area contributed by atoms with E-state index in [9.17, 15) is 4.39 Å². The largest absolute Gasteiger partial charge is 0.344 e. The molecule has 14 heavy (non-hydrogen) atoms. The van der Waals surface area contributed by atoms with Crippen molar-refractivity contribution in [3.63, 3.8) is 0 Å². The third-order valence-corrected chi connectivity index (χ3v) is 2.39. The van der Waals surface area contributed by atoms with Gasteiger partial charge in [-0.25, -0.2) is 4.39 Å². The minimum Gasteiger partial charge on any atom is -0.344 e. The van der Waals surface area contributed by atoms with Gasteiger partial charge in [-0.2, -0.15) is 0 Å². The second-order valence-electron chi connectivity index (χ2n) is 3.19. The Morgan fingerprint density at radius 1 is 1.43 bits per heavy atom. The van der Waals surface area contributed by atoms with Crippen molar-refractivity contribution in [1.29, 1.82) is 0 Å². The van der Waals surface area contributed by atoms with Gasteiger partial charge in [0.15, 0.2) is 0 Å². The first-order chi connectivity index (χ1) is 6.75. The molecule has 0 aromatic heterocycles. The number of rotatable bonds is 1. The van der Waals surface area contributed by atoms with Crippen LogP contribution in [0.1, 0.15) is 12.8 Å². The molecule has 1 heterocycles. The molecule has 2 nitrogen and oxygen atoms in total. The van der Waals surface area contributed by atoms with Gasteiger partial charge in [-0.1, -0.05) is 11.6 Å². The number of halogens is 2. The van der Waals surface area contributed by atoms with Gasteiger partial charge in [-0.3, -0.25) is 4.99 Å². The predicted molar refractivity (Wildman–Crippen MR) is 56.6 cm³/mol. The molecule has 1 N–H and O–H groups in total. The van der Waals surface area contributed by atoms with Gasteiger partial charge >= 0.3 is 0 Å². The maximum Gasteiger partial charge on any atom is 0.143 e. The predicted octanol–water partition coefficient (Wildman–Crippen LogP) is 3.08. The number of aliphatic imine (C=N–C) groups is 1. The number of amidine groups is 1. The van der Waals surface area contributed by atoms with Gasteiger partial charge in [0.05, 0.1) is 5.02 Å². The van der Waals surface area contributed by atoms with Crippen LogP contribution in [0.4, 0.5) is 10.1 Å². The summed E-state index contributed by atoms with van der Waals surface area (Å²) in [5.41, 5.74) is 0.701. The monoisotopic (exact) mass is 212 g/mol. The second kappa shape index (κ2) is 3.96. The van der Waals surface area contributed by atoms with Crippen LogP contribution >= 0.6 is 11.6 Å². The Labute approximate surface area is 86.8 Å². The molecule has 0 atom stereocenters. The highest BCUT2D eigenvalue weighted by atomic mass is 35.5. The van der Waals surface area contributed by atoms with E-state index in [1.165, 1.54) is 12.1 Å². The Morgan fingerprint density at radius 2 is 2.29 bits per heavy atom. The molecular formula is C10H10ClFN2. The molecule has 0 saturated heterocycles. The third kappa shape index (κ3) is 2.04. The van der Waals surface area contributed by atoms with E-state index in [0.717, 1.165) is 25.2 Å². The summed E-state index contributed by atoms with van der Waals surface area (Å²) in [6.45, 7) is 0.860. The highest BCUT2D eigenvalue weighted by molar-refractivity contribution is 6.30. The zero-order valence-electron chi connectivity index (χ0n) is 7.56. The second-order valence-corrected chi connectivity index (χ2v) is 3.59. The molecule has 0 aliphatic carbocycles. The van der Waals surface area contributed by atoms with E-state index in [0.29, 0.717) is 5.69 Å². The SMILES string of the molecule is Fc1cc(NC2=NCCC2)ccc1Cl. The molecule has 0 spiro atoms. The number of nitrogens with zero attached hydrogens (tertiary/aromatic N) is 1. The standard InChI is InChI=1S/C10H10ClFN2/c11-8-4-3-7(6-9(8)12)14-10-2-1-5-13-10/h3-4,6H,1-2,5H2,(H,13,14). The van der Waals surface area contributed by atoms with Crippen molar-refractivity contribution in [1.82, 2.24) is 0 Å². The first-order valence-electron chi connectivity index (χ1n) is 4.51. The summed E-state index contributed by atoms with van der Waals surface area (Å²) in [7, 11) is 0. The summed E-state index contributed by atoms with van der Waals surface area (Å²) < 4.78 is 13.0. The Hall–Kier alpha value is -1.09. The smallest absolute Gasteiger partial charge is 0.143 e. The van der Waals surface area contributed by atoms with E-state index < -0.39 is 5.82 Å². The van der Waals surface area contributed by atoms with E-state index in [4.69, 9.17) is 11.6 Å². The number of benzene rings is 1. The Bertz CT molecular complexity index is 376. The summed E-state index contributed by atoms with van der Waals surface area (Å²) in [6, 6.07) is 4.66. The molecule has 0 unspecified atom stereocenters. The van der Waals surface area contributed by atoms with Gasteiger partial charge in [-0.05, 0) is 24.6 Å². The van der Waals surface area contributed by atoms with Crippen molar-refractivity contribution in [2.75, 3.05) is 11.9 Å². The number of hydrogen-bond acceptors (Lipinski definition) is 2. The number of nitrogens with one attached hydrogen (secondary N) is 1. The van der Waals surface area contributed by atoms with Crippen molar-refractivity contribution in [3.05, 3.63) is 29.0 Å². The van der Waals surface area contributed by atoms with Crippen molar-refractivity contribution in [2.24, 2.45) is 4.99 Å². The number of anilines is 1. The summed E-state index contributed by atoms with van der Waals surface area (Å²) in [5.74, 6) is 0.516. The van der Waals surface area contributed by atoms with Crippen molar-refractivity contribution in [3.8, 4) is 0 Å². The molecule has 0 amide bonds.